The van der Waals surface area contributed by atoms with E-state index >= 15 is 0 Å². The zero-order valence-corrected chi connectivity index (χ0v) is 11.1. The van der Waals surface area contributed by atoms with Gasteiger partial charge in [0.2, 0.25) is 0 Å². The van der Waals surface area contributed by atoms with Crippen molar-refractivity contribution in [1.82, 2.24) is 4.57 Å². The van der Waals surface area contributed by atoms with Gasteiger partial charge in [-0.3, -0.25) is 9.59 Å². The van der Waals surface area contributed by atoms with E-state index in [0.29, 0.717) is 10.9 Å². The van der Waals surface area contributed by atoms with Gasteiger partial charge in [0.25, 0.3) is 11.5 Å². The van der Waals surface area contributed by atoms with E-state index in [0.717, 1.165) is 3.57 Å². The minimum Gasteiger partial charge on any atom is -0.506 e. The Hall–Kier alpha value is -1.57. The van der Waals surface area contributed by atoms with Crippen LogP contribution in [-0.4, -0.2) is 15.6 Å². The first-order chi connectivity index (χ1) is 7.93. The van der Waals surface area contributed by atoms with Crippen LogP contribution in [0.2, 0.25) is 0 Å². The summed E-state index contributed by atoms with van der Waals surface area (Å²) in [6, 6.07) is 5.21. The van der Waals surface area contributed by atoms with Gasteiger partial charge >= 0.3 is 0 Å². The first-order valence-corrected chi connectivity index (χ1v) is 5.82. The van der Waals surface area contributed by atoms with E-state index < -0.39 is 11.5 Å². The number of aromatic nitrogens is 1. The molecule has 0 atom stereocenters. The molecule has 2 aromatic rings. The average molecular weight is 344 g/mol. The molecule has 3 N–H and O–H groups in total. The van der Waals surface area contributed by atoms with Crippen LogP contribution in [0.5, 0.6) is 5.75 Å². The number of primary amides is 1. The molecule has 1 heterocycles. The molecule has 5 nitrogen and oxygen atoms in total. The molecule has 2 rings (SSSR count). The van der Waals surface area contributed by atoms with Crippen LogP contribution in [0.1, 0.15) is 10.4 Å². The van der Waals surface area contributed by atoms with Crippen molar-refractivity contribution in [2.75, 3.05) is 0 Å². The second-order valence-corrected chi connectivity index (χ2v) is 4.86. The fraction of sp³-hybridized carbons (Fsp3) is 0.0909. The molecular weight excluding hydrogens is 335 g/mol. The number of amides is 1. The summed E-state index contributed by atoms with van der Waals surface area (Å²) in [6.45, 7) is 0. The molecule has 6 heteroatoms. The summed E-state index contributed by atoms with van der Waals surface area (Å²) in [5, 5.41) is 10.4. The van der Waals surface area contributed by atoms with Crippen molar-refractivity contribution in [2.24, 2.45) is 12.8 Å². The third-order valence-electron chi connectivity index (χ3n) is 2.58. The molecule has 88 valence electrons. The van der Waals surface area contributed by atoms with Gasteiger partial charge < -0.3 is 15.4 Å². The van der Waals surface area contributed by atoms with Gasteiger partial charge in [0.15, 0.2) is 0 Å². The van der Waals surface area contributed by atoms with E-state index in [1.165, 1.54) is 11.6 Å². The number of fused-ring (bicyclic) bond motifs is 1. The Morgan fingerprint density at radius 2 is 2.12 bits per heavy atom. The number of aromatic hydroxyl groups is 1. The predicted molar refractivity (Wildman–Crippen MR) is 72.1 cm³/mol. The van der Waals surface area contributed by atoms with Crippen LogP contribution in [0.25, 0.3) is 10.9 Å². The standard InChI is InChI=1S/C11H9IN2O3/c1-14-7-3-2-5(12)4-6(7)9(15)8(10(13)16)11(14)17/h2-4,15H,1H3,(H2,13,16). The zero-order chi connectivity index (χ0) is 12.7. The molecule has 0 aliphatic rings. The van der Waals surface area contributed by atoms with Crippen LogP contribution in [0.15, 0.2) is 23.0 Å². The van der Waals surface area contributed by atoms with Gasteiger partial charge in [0.05, 0.1) is 5.52 Å². The van der Waals surface area contributed by atoms with Gasteiger partial charge in [-0.25, -0.2) is 0 Å². The number of nitrogens with zero attached hydrogens (tertiary/aromatic N) is 1. The molecule has 0 saturated carbocycles. The number of pyridine rings is 1. The van der Waals surface area contributed by atoms with Gasteiger partial charge in [0, 0.05) is 16.0 Å². The van der Waals surface area contributed by atoms with Crippen molar-refractivity contribution in [1.29, 1.82) is 0 Å². The summed E-state index contributed by atoms with van der Waals surface area (Å²) < 4.78 is 2.19. The number of carbonyl (C=O) groups is 1. The summed E-state index contributed by atoms with van der Waals surface area (Å²) in [5.74, 6) is -1.28. The molecule has 1 aromatic carbocycles. The molecule has 0 aliphatic heterocycles. The second kappa shape index (κ2) is 4.02. The largest absolute Gasteiger partial charge is 0.506 e. The summed E-state index contributed by atoms with van der Waals surface area (Å²) in [4.78, 5) is 23.0. The van der Waals surface area contributed by atoms with Crippen LogP contribution in [0.3, 0.4) is 0 Å². The molecule has 0 saturated heterocycles. The van der Waals surface area contributed by atoms with Crippen LogP contribution < -0.4 is 11.3 Å². The van der Waals surface area contributed by atoms with Crippen LogP contribution in [-0.2, 0) is 7.05 Å². The third-order valence-corrected chi connectivity index (χ3v) is 3.25. The minimum absolute atomic E-state index is 0.353. The van der Waals surface area contributed by atoms with E-state index in [2.05, 4.69) is 22.6 Å². The molecule has 0 fully saturated rings. The topological polar surface area (TPSA) is 85.3 Å². The minimum atomic E-state index is -0.927. The smallest absolute Gasteiger partial charge is 0.267 e. The van der Waals surface area contributed by atoms with Gasteiger partial charge in [-0.2, -0.15) is 0 Å². The number of aryl methyl sites for hydroxylation is 1. The maximum Gasteiger partial charge on any atom is 0.267 e. The van der Waals surface area contributed by atoms with E-state index in [1.54, 1.807) is 12.1 Å². The first kappa shape index (κ1) is 11.9. The maximum atomic E-state index is 11.8. The van der Waals surface area contributed by atoms with Crippen molar-refractivity contribution in [3.63, 3.8) is 0 Å². The summed E-state index contributed by atoms with van der Waals surface area (Å²) in [6.07, 6.45) is 0. The van der Waals surface area contributed by atoms with Crippen molar-refractivity contribution < 1.29 is 9.90 Å². The van der Waals surface area contributed by atoms with Crippen molar-refractivity contribution in [2.45, 2.75) is 0 Å². The van der Waals surface area contributed by atoms with Crippen molar-refractivity contribution in [3.8, 4) is 5.75 Å². The first-order valence-electron chi connectivity index (χ1n) is 4.74. The zero-order valence-electron chi connectivity index (χ0n) is 8.90. The van der Waals surface area contributed by atoms with Gasteiger partial charge in [-0.05, 0) is 40.8 Å². The van der Waals surface area contributed by atoms with E-state index in [4.69, 9.17) is 5.73 Å². The molecule has 1 amide bonds. The molecule has 0 aliphatic carbocycles. The van der Waals surface area contributed by atoms with Crippen molar-refractivity contribution >= 4 is 39.4 Å². The monoisotopic (exact) mass is 344 g/mol. The number of hydrogen-bond acceptors (Lipinski definition) is 3. The Morgan fingerprint density at radius 1 is 1.47 bits per heavy atom. The maximum absolute atomic E-state index is 11.8. The Bertz CT molecular complexity index is 691. The van der Waals surface area contributed by atoms with E-state index in [9.17, 15) is 14.7 Å². The summed E-state index contributed by atoms with van der Waals surface area (Å²) in [5.41, 5.74) is 4.69. The lowest BCUT2D eigenvalue weighted by Gasteiger charge is -2.10. The molecular formula is C11H9IN2O3. The number of carbonyl (C=O) groups excluding carboxylic acids is 1. The normalized spacial score (nSPS) is 10.7. The number of rotatable bonds is 1. The lowest BCUT2D eigenvalue weighted by Crippen LogP contribution is -2.28. The van der Waals surface area contributed by atoms with Gasteiger partial charge in [-0.1, -0.05) is 0 Å². The molecule has 0 unspecified atom stereocenters. The third kappa shape index (κ3) is 1.78. The number of benzene rings is 1. The van der Waals surface area contributed by atoms with E-state index in [-0.39, 0.29) is 11.3 Å². The van der Waals surface area contributed by atoms with Crippen LogP contribution in [0, 0.1) is 3.57 Å². The Balaban J connectivity index is 3.06. The Morgan fingerprint density at radius 3 is 2.71 bits per heavy atom. The highest BCUT2D eigenvalue weighted by Gasteiger charge is 2.18. The van der Waals surface area contributed by atoms with Crippen molar-refractivity contribution in [3.05, 3.63) is 37.7 Å². The van der Waals surface area contributed by atoms with Gasteiger partial charge in [0.1, 0.15) is 11.3 Å². The van der Waals surface area contributed by atoms with Gasteiger partial charge in [-0.15, -0.1) is 0 Å². The van der Waals surface area contributed by atoms with E-state index in [1.807, 2.05) is 6.07 Å². The lowest BCUT2D eigenvalue weighted by atomic mass is 10.1. The summed E-state index contributed by atoms with van der Waals surface area (Å²) >= 11 is 2.08. The molecule has 0 bridgehead atoms. The fourth-order valence-corrected chi connectivity index (χ4v) is 2.22. The molecule has 1 aromatic heterocycles. The number of hydrogen-bond donors (Lipinski definition) is 2. The highest BCUT2D eigenvalue weighted by Crippen LogP contribution is 2.27. The number of halogens is 1. The SMILES string of the molecule is Cn1c(=O)c(C(N)=O)c(O)c2cc(I)ccc21. The second-order valence-electron chi connectivity index (χ2n) is 3.61. The molecule has 0 radical (unpaired) electrons. The highest BCUT2D eigenvalue weighted by atomic mass is 127. The molecule has 17 heavy (non-hydrogen) atoms. The van der Waals surface area contributed by atoms with Crippen LogP contribution in [0.4, 0.5) is 0 Å². The Kier molecular flexibility index (Phi) is 2.82. The van der Waals surface area contributed by atoms with Crippen LogP contribution >= 0.6 is 22.6 Å². The Labute approximate surface area is 110 Å². The summed E-state index contributed by atoms with van der Waals surface area (Å²) in [7, 11) is 1.53. The lowest BCUT2D eigenvalue weighted by molar-refractivity contribution is 0.0996. The average Bonchev–Trinajstić information content (AvgIpc) is 2.26. The molecule has 0 spiro atoms. The number of nitrogens with two attached hydrogens (primary N) is 1. The fourth-order valence-electron chi connectivity index (χ4n) is 1.73. The quantitative estimate of drug-likeness (QED) is 0.756. The highest BCUT2D eigenvalue weighted by molar-refractivity contribution is 14.1. The predicted octanol–water partition coefficient (Wildman–Crippen LogP) is 0.948.